The van der Waals surface area contributed by atoms with E-state index in [1.807, 2.05) is 0 Å². The Hall–Kier alpha value is -2.76. The van der Waals surface area contributed by atoms with E-state index >= 15 is 0 Å². The molecule has 0 bridgehead atoms. The van der Waals surface area contributed by atoms with Crippen LogP contribution >= 0.6 is 12.4 Å². The van der Waals surface area contributed by atoms with Gasteiger partial charge in [0, 0.05) is 17.7 Å². The minimum Gasteiger partial charge on any atom is -0.444 e. The van der Waals surface area contributed by atoms with Gasteiger partial charge in [-0.15, -0.1) is 25.3 Å². The van der Waals surface area contributed by atoms with E-state index in [2.05, 4.69) is 18.2 Å². The number of ether oxygens (including phenoxy) is 1. The summed E-state index contributed by atoms with van der Waals surface area (Å²) < 4.78 is 57.0. The van der Waals surface area contributed by atoms with E-state index in [1.54, 1.807) is 20.8 Å². The van der Waals surface area contributed by atoms with E-state index < -0.39 is 35.0 Å². The van der Waals surface area contributed by atoms with Gasteiger partial charge in [0.1, 0.15) is 28.9 Å². The Morgan fingerprint density at radius 2 is 1.27 bits per heavy atom. The third-order valence-corrected chi connectivity index (χ3v) is 3.56. The van der Waals surface area contributed by atoms with Crippen LogP contribution < -0.4 is 11.1 Å². The molecule has 0 aromatic heterocycles. The first kappa shape index (κ1) is 34.8. The summed E-state index contributed by atoms with van der Waals surface area (Å²) in [7, 11) is 0. The predicted molar refractivity (Wildman–Crippen MR) is 127 cm³/mol. The molecule has 9 heteroatoms. The average molecular weight is 493 g/mol. The van der Waals surface area contributed by atoms with Gasteiger partial charge >= 0.3 is 6.09 Å². The van der Waals surface area contributed by atoms with Gasteiger partial charge in [-0.25, -0.2) is 22.4 Å². The second-order valence-electron chi connectivity index (χ2n) is 7.12. The van der Waals surface area contributed by atoms with Gasteiger partial charge in [0.05, 0.1) is 0 Å². The first-order valence-electron chi connectivity index (χ1n) is 9.41. The molecule has 3 N–H and O–H groups in total. The zero-order valence-corrected chi connectivity index (χ0v) is 19.1. The molecular formula is C24H33ClF4N2O2. The van der Waals surface area contributed by atoms with Crippen LogP contribution in [0.2, 0.25) is 0 Å². The lowest BCUT2D eigenvalue weighted by atomic mass is 10.1. The van der Waals surface area contributed by atoms with Crippen LogP contribution in [0.3, 0.4) is 0 Å². The summed E-state index contributed by atoms with van der Waals surface area (Å²) in [4.78, 5) is 11.3. The Kier molecular flexibility index (Phi) is 18.7. The van der Waals surface area contributed by atoms with Crippen molar-refractivity contribution in [3.63, 3.8) is 0 Å². The number of amides is 1. The number of carbonyl (C=O) groups excluding carboxylic acids is 1. The highest BCUT2D eigenvalue weighted by atomic mass is 35.5. The highest BCUT2D eigenvalue weighted by Gasteiger charge is 2.16. The lowest BCUT2D eigenvalue weighted by Crippen LogP contribution is -2.33. The van der Waals surface area contributed by atoms with Gasteiger partial charge in [-0.05, 0) is 64.4 Å². The van der Waals surface area contributed by atoms with Crippen molar-refractivity contribution in [2.24, 2.45) is 5.73 Å². The van der Waals surface area contributed by atoms with Gasteiger partial charge in [-0.2, -0.15) is 0 Å². The van der Waals surface area contributed by atoms with E-state index in [1.165, 1.54) is 36.4 Å². The highest BCUT2D eigenvalue weighted by molar-refractivity contribution is 5.85. The molecule has 0 saturated heterocycles. The molecule has 4 nitrogen and oxygen atoms in total. The van der Waals surface area contributed by atoms with Crippen LogP contribution in [-0.4, -0.2) is 24.8 Å². The zero-order valence-electron chi connectivity index (χ0n) is 18.3. The maximum atomic E-state index is 13.3. The SMILES string of the molecule is C.C#C.CC(C)(C)OC(=O)NCCc1c(F)cccc1F.Cl.NCCc1c(F)cccc1F. The van der Waals surface area contributed by atoms with Crippen LogP contribution in [0.25, 0.3) is 0 Å². The zero-order chi connectivity index (χ0) is 24.0. The summed E-state index contributed by atoms with van der Waals surface area (Å²) in [6, 6.07) is 7.47. The fraction of sp³-hybridized carbons (Fsp3) is 0.375. The Balaban J connectivity index is -0.000000520. The summed E-state index contributed by atoms with van der Waals surface area (Å²) in [5.74, 6) is -2.26. The summed E-state index contributed by atoms with van der Waals surface area (Å²) in [6.45, 7) is 5.60. The molecule has 0 aliphatic heterocycles. The summed E-state index contributed by atoms with van der Waals surface area (Å²) in [5.41, 5.74) is 4.62. The van der Waals surface area contributed by atoms with Gasteiger partial charge in [-0.1, -0.05) is 19.6 Å². The summed E-state index contributed by atoms with van der Waals surface area (Å²) in [5, 5.41) is 2.45. The fourth-order valence-corrected chi connectivity index (χ4v) is 2.29. The summed E-state index contributed by atoms with van der Waals surface area (Å²) >= 11 is 0. The Bertz CT molecular complexity index is 816. The van der Waals surface area contributed by atoms with E-state index in [0.29, 0.717) is 0 Å². The molecule has 2 aromatic rings. The molecule has 1 amide bonds. The smallest absolute Gasteiger partial charge is 0.407 e. The number of terminal acetylenes is 1. The predicted octanol–water partition coefficient (Wildman–Crippen LogP) is 5.81. The van der Waals surface area contributed by atoms with Crippen LogP contribution in [0.15, 0.2) is 36.4 Å². The van der Waals surface area contributed by atoms with Crippen LogP contribution in [0.5, 0.6) is 0 Å². The molecule has 0 saturated carbocycles. The van der Waals surface area contributed by atoms with Crippen molar-refractivity contribution < 1.29 is 27.1 Å². The van der Waals surface area contributed by atoms with Crippen LogP contribution in [0.4, 0.5) is 22.4 Å². The van der Waals surface area contributed by atoms with Gasteiger partial charge in [0.15, 0.2) is 0 Å². The first-order valence-corrected chi connectivity index (χ1v) is 9.41. The van der Waals surface area contributed by atoms with Crippen molar-refractivity contribution in [1.82, 2.24) is 5.32 Å². The van der Waals surface area contributed by atoms with Crippen LogP contribution in [0, 0.1) is 36.1 Å². The Labute approximate surface area is 200 Å². The molecule has 186 valence electrons. The molecule has 2 rings (SSSR count). The monoisotopic (exact) mass is 492 g/mol. The third-order valence-electron chi connectivity index (χ3n) is 3.56. The van der Waals surface area contributed by atoms with E-state index in [4.69, 9.17) is 10.5 Å². The van der Waals surface area contributed by atoms with Gasteiger partial charge in [0.2, 0.25) is 0 Å². The molecule has 0 fully saturated rings. The molecule has 0 radical (unpaired) electrons. The largest absolute Gasteiger partial charge is 0.444 e. The molecule has 0 aliphatic carbocycles. The average Bonchev–Trinajstić information content (AvgIpc) is 2.68. The molecule has 0 aliphatic rings. The second-order valence-corrected chi connectivity index (χ2v) is 7.12. The number of hydrogen-bond acceptors (Lipinski definition) is 3. The van der Waals surface area contributed by atoms with E-state index in [0.717, 1.165) is 0 Å². The Morgan fingerprint density at radius 3 is 1.61 bits per heavy atom. The number of benzene rings is 2. The summed E-state index contributed by atoms with van der Waals surface area (Å²) in [6.07, 6.45) is 7.73. The van der Waals surface area contributed by atoms with Crippen molar-refractivity contribution in [1.29, 1.82) is 0 Å². The van der Waals surface area contributed by atoms with Crippen molar-refractivity contribution in [2.75, 3.05) is 13.1 Å². The molecule has 2 aromatic carbocycles. The van der Waals surface area contributed by atoms with E-state index in [-0.39, 0.29) is 56.9 Å². The molecular weight excluding hydrogens is 460 g/mol. The number of hydrogen-bond donors (Lipinski definition) is 2. The van der Waals surface area contributed by atoms with Gasteiger partial charge in [-0.3, -0.25) is 0 Å². The quantitative estimate of drug-likeness (QED) is 0.409. The number of carbonyl (C=O) groups is 1. The van der Waals surface area contributed by atoms with E-state index in [9.17, 15) is 22.4 Å². The fourth-order valence-electron chi connectivity index (χ4n) is 2.29. The number of alkyl carbamates (subject to hydrolysis) is 1. The minimum atomic E-state index is -0.610. The molecule has 0 spiro atoms. The van der Waals surface area contributed by atoms with Gasteiger partial charge in [0.25, 0.3) is 0 Å². The number of halogens is 5. The lowest BCUT2D eigenvalue weighted by molar-refractivity contribution is 0.0528. The number of nitrogens with two attached hydrogens (primary N) is 1. The van der Waals surface area contributed by atoms with Gasteiger partial charge < -0.3 is 15.8 Å². The molecule has 0 atom stereocenters. The number of rotatable bonds is 5. The molecule has 33 heavy (non-hydrogen) atoms. The molecule has 0 unspecified atom stereocenters. The molecule has 0 heterocycles. The maximum absolute atomic E-state index is 13.3. The van der Waals surface area contributed by atoms with Crippen molar-refractivity contribution in [3.05, 3.63) is 70.8 Å². The number of nitrogens with one attached hydrogen (secondary N) is 1. The van der Waals surface area contributed by atoms with Crippen LogP contribution in [-0.2, 0) is 17.6 Å². The van der Waals surface area contributed by atoms with Crippen molar-refractivity contribution >= 4 is 18.5 Å². The third kappa shape index (κ3) is 14.1. The van der Waals surface area contributed by atoms with Crippen molar-refractivity contribution in [2.45, 2.75) is 46.6 Å². The topological polar surface area (TPSA) is 64.3 Å². The normalized spacial score (nSPS) is 9.52. The lowest BCUT2D eigenvalue weighted by Gasteiger charge is -2.19. The maximum Gasteiger partial charge on any atom is 0.407 e. The van der Waals surface area contributed by atoms with Crippen molar-refractivity contribution in [3.8, 4) is 12.8 Å². The first-order chi connectivity index (χ1) is 14.5. The van der Waals surface area contributed by atoms with Crippen LogP contribution in [0.1, 0.15) is 39.3 Å². The minimum absolute atomic E-state index is 0. The standard InChI is InChI=1S/C13H17F2NO2.C8H9F2N.C2H2.CH4.ClH/c1-13(2,3)18-12(17)16-8-7-9-10(14)5-4-6-11(9)15;9-7-2-1-3-8(10)6(7)4-5-11;1-2;;/h4-6H,7-8H2,1-3H3,(H,16,17);1-3H,4-5,11H2;1-2H;1H4;1H. The Morgan fingerprint density at radius 1 is 0.909 bits per heavy atom. The second kappa shape index (κ2) is 17.8. The highest BCUT2D eigenvalue weighted by Crippen LogP contribution is 2.13.